The summed E-state index contributed by atoms with van der Waals surface area (Å²) in [6.07, 6.45) is 2.20. The lowest BCUT2D eigenvalue weighted by atomic mass is 10.0. The van der Waals surface area contributed by atoms with Crippen LogP contribution in [0.1, 0.15) is 23.1 Å². The Morgan fingerprint density at radius 2 is 2.17 bits per heavy atom. The Morgan fingerprint density at radius 1 is 1.39 bits per heavy atom. The van der Waals surface area contributed by atoms with E-state index in [9.17, 15) is 4.39 Å². The molecule has 0 spiro atoms. The van der Waals surface area contributed by atoms with Crippen LogP contribution in [0.5, 0.6) is 0 Å². The lowest BCUT2D eigenvalue weighted by Crippen LogP contribution is -2.16. The van der Waals surface area contributed by atoms with Gasteiger partial charge < -0.3 is 5.73 Å². The standard InChI is InChI=1S/C13H13BrFN3/c1-8-17-6-5-12(18-8)11(16)7-9-3-2-4-10(15)13(9)14/h2-6,11H,7,16H2,1H3. The van der Waals surface area contributed by atoms with Crippen LogP contribution >= 0.6 is 15.9 Å². The third-order valence-corrected chi connectivity index (χ3v) is 3.54. The highest BCUT2D eigenvalue weighted by atomic mass is 79.9. The van der Waals surface area contributed by atoms with Gasteiger partial charge in [0.1, 0.15) is 11.6 Å². The number of halogens is 2. The number of rotatable bonds is 3. The molecule has 0 aliphatic carbocycles. The first kappa shape index (κ1) is 13.1. The normalized spacial score (nSPS) is 12.4. The van der Waals surface area contributed by atoms with E-state index in [1.165, 1.54) is 6.07 Å². The van der Waals surface area contributed by atoms with E-state index < -0.39 is 0 Å². The maximum Gasteiger partial charge on any atom is 0.137 e. The van der Waals surface area contributed by atoms with Crippen LogP contribution in [0.15, 0.2) is 34.9 Å². The van der Waals surface area contributed by atoms with E-state index in [1.807, 2.05) is 13.0 Å². The van der Waals surface area contributed by atoms with E-state index in [0.717, 1.165) is 11.3 Å². The highest BCUT2D eigenvalue weighted by molar-refractivity contribution is 9.10. The van der Waals surface area contributed by atoms with E-state index in [2.05, 4.69) is 25.9 Å². The fraction of sp³-hybridized carbons (Fsp3) is 0.231. The number of nitrogens with two attached hydrogens (primary N) is 1. The minimum atomic E-state index is -0.279. The topological polar surface area (TPSA) is 51.8 Å². The molecule has 0 amide bonds. The fourth-order valence-electron chi connectivity index (χ4n) is 1.73. The second-order valence-corrected chi connectivity index (χ2v) is 4.85. The van der Waals surface area contributed by atoms with Gasteiger partial charge in [0.15, 0.2) is 0 Å². The lowest BCUT2D eigenvalue weighted by Gasteiger charge is -2.12. The molecule has 0 aliphatic rings. The SMILES string of the molecule is Cc1nccc(C(N)Cc2cccc(F)c2Br)n1. The van der Waals surface area contributed by atoms with Crippen LogP contribution in [0.3, 0.4) is 0 Å². The Hall–Kier alpha value is -1.33. The summed E-state index contributed by atoms with van der Waals surface area (Å²) in [5.41, 5.74) is 7.68. The summed E-state index contributed by atoms with van der Waals surface area (Å²) >= 11 is 3.23. The number of aryl methyl sites for hydroxylation is 1. The second-order valence-electron chi connectivity index (χ2n) is 4.05. The van der Waals surface area contributed by atoms with Crippen LogP contribution < -0.4 is 5.73 Å². The average molecular weight is 310 g/mol. The van der Waals surface area contributed by atoms with E-state index in [0.29, 0.717) is 16.7 Å². The Labute approximate surface area is 113 Å². The van der Waals surface area contributed by atoms with Crippen molar-refractivity contribution in [1.29, 1.82) is 0 Å². The maximum atomic E-state index is 13.4. The largest absolute Gasteiger partial charge is 0.322 e. The molecule has 1 heterocycles. The highest BCUT2D eigenvalue weighted by Gasteiger charge is 2.12. The van der Waals surface area contributed by atoms with Gasteiger partial charge in [0.2, 0.25) is 0 Å². The Morgan fingerprint density at radius 3 is 2.89 bits per heavy atom. The molecule has 18 heavy (non-hydrogen) atoms. The van der Waals surface area contributed by atoms with Gasteiger partial charge in [0, 0.05) is 6.20 Å². The minimum absolute atomic E-state index is 0.273. The average Bonchev–Trinajstić information content (AvgIpc) is 2.35. The summed E-state index contributed by atoms with van der Waals surface area (Å²) in [5, 5.41) is 0. The van der Waals surface area contributed by atoms with Crippen molar-refractivity contribution in [3.63, 3.8) is 0 Å². The van der Waals surface area contributed by atoms with E-state index >= 15 is 0 Å². The molecule has 0 bridgehead atoms. The molecule has 3 nitrogen and oxygen atoms in total. The molecule has 1 aromatic carbocycles. The van der Waals surface area contributed by atoms with Gasteiger partial charge in [-0.15, -0.1) is 0 Å². The Balaban J connectivity index is 2.21. The van der Waals surface area contributed by atoms with Gasteiger partial charge in [-0.2, -0.15) is 0 Å². The van der Waals surface area contributed by atoms with Gasteiger partial charge in [0.25, 0.3) is 0 Å². The fourth-order valence-corrected chi connectivity index (χ4v) is 2.15. The number of benzene rings is 1. The zero-order valence-electron chi connectivity index (χ0n) is 9.90. The van der Waals surface area contributed by atoms with Gasteiger partial charge in [0.05, 0.1) is 16.2 Å². The van der Waals surface area contributed by atoms with Crippen LogP contribution in [-0.2, 0) is 6.42 Å². The third-order valence-electron chi connectivity index (χ3n) is 2.65. The van der Waals surface area contributed by atoms with Crippen molar-refractivity contribution in [2.24, 2.45) is 5.73 Å². The highest BCUT2D eigenvalue weighted by Crippen LogP contribution is 2.24. The molecule has 2 aromatic rings. The van der Waals surface area contributed by atoms with Crippen molar-refractivity contribution in [3.8, 4) is 0 Å². The van der Waals surface area contributed by atoms with E-state index in [4.69, 9.17) is 5.73 Å². The molecule has 2 N–H and O–H groups in total. The van der Waals surface area contributed by atoms with Crippen molar-refractivity contribution in [2.75, 3.05) is 0 Å². The number of hydrogen-bond acceptors (Lipinski definition) is 3. The molecule has 5 heteroatoms. The van der Waals surface area contributed by atoms with Crippen LogP contribution in [0.2, 0.25) is 0 Å². The van der Waals surface area contributed by atoms with Crippen molar-refractivity contribution in [1.82, 2.24) is 9.97 Å². The first-order valence-electron chi connectivity index (χ1n) is 5.56. The molecule has 94 valence electrons. The first-order valence-corrected chi connectivity index (χ1v) is 6.35. The minimum Gasteiger partial charge on any atom is -0.322 e. The molecule has 0 fully saturated rings. The third kappa shape index (κ3) is 2.91. The first-order chi connectivity index (χ1) is 8.58. The van der Waals surface area contributed by atoms with Gasteiger partial charge in [-0.05, 0) is 47.0 Å². The molecule has 0 aliphatic heterocycles. The predicted octanol–water partition coefficient (Wildman–Crippen LogP) is 2.93. The second kappa shape index (κ2) is 5.54. The van der Waals surface area contributed by atoms with E-state index in [-0.39, 0.29) is 11.9 Å². The van der Waals surface area contributed by atoms with Crippen LogP contribution in [0.25, 0.3) is 0 Å². The monoisotopic (exact) mass is 309 g/mol. The number of nitrogens with zero attached hydrogens (tertiary/aromatic N) is 2. The zero-order valence-corrected chi connectivity index (χ0v) is 11.5. The molecular formula is C13H13BrFN3. The van der Waals surface area contributed by atoms with E-state index in [1.54, 1.807) is 18.3 Å². The summed E-state index contributed by atoms with van der Waals surface area (Å²) in [6, 6.07) is 6.44. The van der Waals surface area contributed by atoms with Crippen molar-refractivity contribution < 1.29 is 4.39 Å². The molecule has 2 rings (SSSR count). The summed E-state index contributed by atoms with van der Waals surface area (Å²) in [4.78, 5) is 8.30. The predicted molar refractivity (Wildman–Crippen MR) is 71.5 cm³/mol. The molecule has 1 unspecified atom stereocenters. The summed E-state index contributed by atoms with van der Waals surface area (Å²) in [5.74, 6) is 0.403. The van der Waals surface area contributed by atoms with Crippen LogP contribution in [0, 0.1) is 12.7 Å². The van der Waals surface area contributed by atoms with Gasteiger partial charge in [-0.25, -0.2) is 14.4 Å². The molecule has 0 saturated heterocycles. The molecule has 0 radical (unpaired) electrons. The Kier molecular flexibility index (Phi) is 4.04. The van der Waals surface area contributed by atoms with Crippen LogP contribution in [0.4, 0.5) is 4.39 Å². The maximum absolute atomic E-state index is 13.4. The summed E-state index contributed by atoms with van der Waals surface area (Å²) < 4.78 is 13.8. The van der Waals surface area contributed by atoms with Gasteiger partial charge >= 0.3 is 0 Å². The van der Waals surface area contributed by atoms with Gasteiger partial charge in [-0.1, -0.05) is 12.1 Å². The van der Waals surface area contributed by atoms with Gasteiger partial charge in [-0.3, -0.25) is 0 Å². The Bertz CT molecular complexity index is 560. The zero-order chi connectivity index (χ0) is 13.1. The quantitative estimate of drug-likeness (QED) is 0.948. The van der Waals surface area contributed by atoms with Crippen molar-refractivity contribution >= 4 is 15.9 Å². The molecule has 0 saturated carbocycles. The molecule has 1 atom stereocenters. The van der Waals surface area contributed by atoms with Crippen LogP contribution in [-0.4, -0.2) is 9.97 Å². The molecule has 1 aromatic heterocycles. The summed E-state index contributed by atoms with van der Waals surface area (Å²) in [7, 11) is 0. The smallest absolute Gasteiger partial charge is 0.137 e. The number of aromatic nitrogens is 2. The van der Waals surface area contributed by atoms with Crippen molar-refractivity contribution in [3.05, 3.63) is 57.8 Å². The number of hydrogen-bond donors (Lipinski definition) is 1. The lowest BCUT2D eigenvalue weighted by molar-refractivity contribution is 0.612. The molecular weight excluding hydrogens is 297 g/mol. The summed E-state index contributed by atoms with van der Waals surface area (Å²) in [6.45, 7) is 1.81. The van der Waals surface area contributed by atoms with Crippen molar-refractivity contribution in [2.45, 2.75) is 19.4 Å².